The first kappa shape index (κ1) is 90.9. The van der Waals surface area contributed by atoms with Crippen LogP contribution in [0.5, 0.6) is 5.75 Å². The number of Topliss-reactive ketones (excluding diaryl/α,β-unsaturated/α-hetero) is 2. The van der Waals surface area contributed by atoms with E-state index in [1.807, 2.05) is 44.2 Å². The number of hydrogen-bond donors (Lipinski definition) is 13. The van der Waals surface area contributed by atoms with Crippen LogP contribution >= 0.6 is 0 Å². The van der Waals surface area contributed by atoms with Gasteiger partial charge in [-0.3, -0.25) is 63.2 Å². The molecule has 17 atom stereocenters. The molecule has 2 saturated heterocycles. The molecular weight excluding hydrogens is 1500 g/mol. The molecule has 2 aromatic rings. The standard InChI is InChI=1S/C85H127N9O22/c1-50(2)71(63(99)42-51(3)76(106)88-60(47-95)62(98)45-53-19-20-54-22-25-66-82(5,57(54)44-53)28-14-30-84(66,7)80(109)90-81(110)85(8)31-15-29-83(6)58-46-56(97)24-21-55(58)23-26-67(83)85)89-77(107)59(87-68(100)27-34-111-36-38-113-40-41-114-39-37-112-35-33-93-70(102)43-52(4)78(93)108)16-12-13-32-86-69(101)49-115-64-18-11-9-10-17-61-72(64)91-92-94(61)79-75(105)74(104)73(103)65(48-96)116-79/h19-21,24,44,46,50-52,59-60,64-67,71,73-75,79,91-92,95-97,103-105H,9-18,22-23,25-43,45,47-49H2,1-8H3,(H,86,101)(H,87,100)(H,88,106)(H,89,107)(H,90,109,110)/t51-,52?,59-,60+,64?,65-,66-,67-,71+,73+,74+,75-,79-,82-,83-,84+,85+/m1/s1. The second-order valence-corrected chi connectivity index (χ2v) is 34.6. The maximum Gasteiger partial charge on any atom is 0.246 e. The number of unbranched alkanes of at least 4 members (excludes halogenated alkanes) is 1. The van der Waals surface area contributed by atoms with Crippen LogP contribution in [0.4, 0.5) is 0 Å². The number of carbonyl (C=O) groups is 10. The summed E-state index contributed by atoms with van der Waals surface area (Å²) in [6.45, 7) is 15.4. The Morgan fingerprint density at radius 1 is 0.655 bits per heavy atom. The van der Waals surface area contributed by atoms with Gasteiger partial charge in [-0.25, -0.2) is 0 Å². The van der Waals surface area contributed by atoms with Crippen molar-refractivity contribution in [2.24, 2.45) is 40.4 Å². The van der Waals surface area contributed by atoms with Gasteiger partial charge in [0.1, 0.15) is 55.0 Å². The Morgan fingerprint density at radius 2 is 1.28 bits per heavy atom. The number of fused-ring (bicyclic) bond motifs is 6. The molecule has 116 heavy (non-hydrogen) atoms. The first-order valence-corrected chi connectivity index (χ1v) is 42.1. The molecule has 0 aromatic heterocycles. The Labute approximate surface area is 680 Å². The number of aliphatic hydroxyl groups excluding tert-OH is 5. The highest BCUT2D eigenvalue weighted by Crippen LogP contribution is 2.60. The number of hydrogen-bond acceptors (Lipinski definition) is 25. The third-order valence-corrected chi connectivity index (χ3v) is 26.1. The summed E-state index contributed by atoms with van der Waals surface area (Å²) >= 11 is 0. The number of nitrogens with one attached hydrogen (secondary N) is 7. The third kappa shape index (κ3) is 21.4. The number of imide groups is 2. The number of ether oxygens (including phenoxy) is 6. The quantitative estimate of drug-likeness (QED) is 0.0336. The first-order valence-electron chi connectivity index (χ1n) is 42.1. The van der Waals surface area contributed by atoms with Crippen molar-refractivity contribution in [1.29, 1.82) is 0 Å². The molecule has 2 saturated carbocycles. The van der Waals surface area contributed by atoms with Gasteiger partial charge in [0, 0.05) is 44.1 Å². The number of phenolic OH excluding ortho intramolecular Hbond substituents is 1. The van der Waals surface area contributed by atoms with Gasteiger partial charge in [-0.05, 0) is 158 Å². The van der Waals surface area contributed by atoms with Crippen molar-refractivity contribution >= 4 is 58.8 Å². The van der Waals surface area contributed by atoms with Crippen LogP contribution in [0.2, 0.25) is 0 Å². The molecule has 13 N–H and O–H groups in total. The Kier molecular flexibility index (Phi) is 32.2. The number of amides is 8. The molecule has 2 unspecified atom stereocenters. The van der Waals surface area contributed by atoms with E-state index in [2.05, 4.69) is 51.4 Å². The lowest BCUT2D eigenvalue weighted by Gasteiger charge is -2.56. The van der Waals surface area contributed by atoms with Gasteiger partial charge in [0.25, 0.3) is 0 Å². The molecule has 4 fully saturated rings. The molecule has 0 radical (unpaired) electrons. The number of rotatable bonds is 40. The summed E-state index contributed by atoms with van der Waals surface area (Å²) in [7, 11) is 0. The topological polar surface area (TPSA) is 438 Å². The van der Waals surface area contributed by atoms with Gasteiger partial charge in [-0.2, -0.15) is 0 Å². The molecule has 3 aliphatic heterocycles. The zero-order valence-corrected chi connectivity index (χ0v) is 68.9. The number of nitrogens with zero attached hydrogens (tertiary/aromatic N) is 2. The van der Waals surface area contributed by atoms with E-state index in [1.165, 1.54) is 22.4 Å². The summed E-state index contributed by atoms with van der Waals surface area (Å²) in [4.78, 5) is 139. The Hall–Kier alpha value is -7.40. The number of aryl methyl sites for hydroxylation is 2. The second-order valence-electron chi connectivity index (χ2n) is 34.6. The van der Waals surface area contributed by atoms with Crippen LogP contribution in [0.25, 0.3) is 0 Å². The number of ketones is 2. The van der Waals surface area contributed by atoms with Crippen molar-refractivity contribution < 1.29 is 107 Å². The molecular formula is C85H127N9O22. The predicted octanol–water partition coefficient (Wildman–Crippen LogP) is 3.39. The zero-order valence-electron chi connectivity index (χ0n) is 68.9. The fourth-order valence-electron chi connectivity index (χ4n) is 19.4. The van der Waals surface area contributed by atoms with E-state index in [0.717, 1.165) is 80.9 Å². The highest BCUT2D eigenvalue weighted by atomic mass is 16.6. The van der Waals surface area contributed by atoms with Crippen molar-refractivity contribution in [3.63, 3.8) is 0 Å². The predicted molar refractivity (Wildman–Crippen MR) is 422 cm³/mol. The maximum atomic E-state index is 14.9. The van der Waals surface area contributed by atoms with Crippen molar-refractivity contribution in [2.75, 3.05) is 85.8 Å². The number of carbonyl (C=O) groups excluding carboxylic acids is 10. The van der Waals surface area contributed by atoms with Gasteiger partial charge in [-0.15, -0.1) is 5.53 Å². The van der Waals surface area contributed by atoms with Crippen LogP contribution in [0.3, 0.4) is 0 Å². The SMILES string of the molecule is CC1CC(=O)N(CCOCCOCCOCCOCCC(=O)N[C@H](CCCCNC(=O)COC2CCCCCC3=C2NNN3[C@@H]2O[C@H](CO)[C@H](O)[C@H](O)[C@H]2O)C(=O)N[C@H](C(=O)C[C@@H](C)C(=O)N[C@@H](CO)C(=O)Cc2ccc3c(c2)[C@@]2(C)CCC[C@](C)(C(=O)NC(=O)[C@@]4(C)CCC[C@]5(C)c6cc(O)ccc6CC[C@@H]45)[C@@H]2CC3)C(C)C)C1=O. The van der Waals surface area contributed by atoms with Crippen LogP contribution in [-0.4, -0.2) is 240 Å². The van der Waals surface area contributed by atoms with Crippen molar-refractivity contribution in [3.8, 4) is 5.75 Å². The highest BCUT2D eigenvalue weighted by molar-refractivity contribution is 6.03. The first-order chi connectivity index (χ1) is 55.4. The van der Waals surface area contributed by atoms with Gasteiger partial charge in [0.2, 0.25) is 47.3 Å². The molecule has 3 heterocycles. The third-order valence-electron chi connectivity index (χ3n) is 26.1. The number of hydrazine groups is 2. The average molecular weight is 1630 g/mol. The fourth-order valence-corrected chi connectivity index (χ4v) is 19.4. The van der Waals surface area contributed by atoms with E-state index < -0.39 is 131 Å². The van der Waals surface area contributed by atoms with E-state index in [9.17, 15) is 78.6 Å². The minimum absolute atomic E-state index is 0.0221. The zero-order chi connectivity index (χ0) is 83.8. The monoisotopic (exact) mass is 1630 g/mol. The van der Waals surface area contributed by atoms with E-state index >= 15 is 0 Å². The van der Waals surface area contributed by atoms with E-state index in [1.54, 1.807) is 26.8 Å². The molecule has 31 heteroatoms. The fraction of sp³-hybridized carbons (Fsp3) is 0.718. The molecule has 8 aliphatic rings. The summed E-state index contributed by atoms with van der Waals surface area (Å²) < 4.78 is 34.3. The molecule has 2 aromatic carbocycles. The van der Waals surface area contributed by atoms with E-state index in [-0.39, 0.29) is 157 Å². The minimum Gasteiger partial charge on any atom is -0.508 e. The van der Waals surface area contributed by atoms with Crippen LogP contribution in [0, 0.1) is 40.4 Å². The smallest absolute Gasteiger partial charge is 0.246 e. The molecule has 31 nitrogen and oxygen atoms in total. The maximum absolute atomic E-state index is 14.9. The van der Waals surface area contributed by atoms with Crippen molar-refractivity contribution in [3.05, 3.63) is 75.6 Å². The van der Waals surface area contributed by atoms with Gasteiger partial charge in [0.15, 0.2) is 17.8 Å². The number of allylic oxidation sites excluding steroid dienone is 1. The molecule has 644 valence electrons. The number of likely N-dealkylation sites (tertiary alicyclic amines) is 1. The number of aromatic hydroxyl groups is 1. The molecule has 0 spiro atoms. The lowest BCUT2D eigenvalue weighted by Crippen LogP contribution is -2.64. The van der Waals surface area contributed by atoms with Crippen LogP contribution in [0.1, 0.15) is 205 Å². The molecule has 8 amide bonds. The summed E-state index contributed by atoms with van der Waals surface area (Å²) in [5.41, 5.74) is 9.88. The van der Waals surface area contributed by atoms with Gasteiger partial charge in [0.05, 0.1) is 101 Å². The largest absolute Gasteiger partial charge is 0.508 e. The number of aliphatic hydroxyl groups is 5. The van der Waals surface area contributed by atoms with Gasteiger partial charge in [-0.1, -0.05) is 105 Å². The molecule has 0 bridgehead atoms. The Balaban J connectivity index is 0.701. The van der Waals surface area contributed by atoms with Crippen molar-refractivity contribution in [2.45, 2.75) is 262 Å². The number of phenols is 1. The van der Waals surface area contributed by atoms with Crippen molar-refractivity contribution in [1.82, 2.24) is 47.5 Å². The average Bonchev–Trinajstić information content (AvgIpc) is 0.873. The summed E-state index contributed by atoms with van der Waals surface area (Å²) in [5, 5.41) is 78.6. The number of benzene rings is 2. The van der Waals surface area contributed by atoms with Crippen LogP contribution < -0.4 is 37.5 Å². The summed E-state index contributed by atoms with van der Waals surface area (Å²) in [6, 6.07) is 7.87. The van der Waals surface area contributed by atoms with E-state index in [0.29, 0.717) is 61.9 Å². The Bertz CT molecular complexity index is 3840. The summed E-state index contributed by atoms with van der Waals surface area (Å²) in [5.74, 6) is -5.94. The van der Waals surface area contributed by atoms with Gasteiger partial charge >= 0.3 is 0 Å². The normalized spacial score (nSPS) is 28.8. The second kappa shape index (κ2) is 41.0. The van der Waals surface area contributed by atoms with E-state index in [4.69, 9.17) is 28.4 Å². The van der Waals surface area contributed by atoms with Crippen LogP contribution in [-0.2, 0) is 106 Å². The minimum atomic E-state index is -1.60. The molecule has 5 aliphatic carbocycles. The summed E-state index contributed by atoms with van der Waals surface area (Å²) in [6.07, 6.45) is 3.67. The highest BCUT2D eigenvalue weighted by Gasteiger charge is 2.59. The Morgan fingerprint density at radius 3 is 1.89 bits per heavy atom. The van der Waals surface area contributed by atoms with Crippen LogP contribution in [0.15, 0.2) is 47.8 Å². The van der Waals surface area contributed by atoms with Gasteiger partial charge < -0.3 is 85.8 Å². The molecule has 10 rings (SSSR count). The lowest BCUT2D eigenvalue weighted by molar-refractivity contribution is -0.266. The lowest BCUT2D eigenvalue weighted by atomic mass is 9.49.